The molecule has 30 heavy (non-hydrogen) atoms. The molecule has 0 amide bonds. The van der Waals surface area contributed by atoms with Crippen LogP contribution in [-0.4, -0.2) is 20.3 Å². The van der Waals surface area contributed by atoms with Crippen molar-refractivity contribution in [1.82, 2.24) is 15.2 Å². The number of benzene rings is 2. The number of phenols is 1. The highest BCUT2D eigenvalue weighted by Crippen LogP contribution is 2.40. The maximum absolute atomic E-state index is 10.8. The quantitative estimate of drug-likeness (QED) is 0.338. The fourth-order valence-corrected chi connectivity index (χ4v) is 4.43. The molecule has 0 spiro atoms. The predicted molar refractivity (Wildman–Crippen MR) is 122 cm³/mol. The number of aromatic hydroxyl groups is 1. The first-order valence-electron chi connectivity index (χ1n) is 9.35. The standard InChI is InChI=1S/C22H19Cl2N3O2S/c1-3-13-6-16(21-17(9-25-27-21)22-26-12(2)11-30-22)19(28)8-20(13)29-10-14-4-5-15(23)7-18(14)24/h4-9,11,28H,3,10H2,1-2H3,(H,25,27). The number of thiazole rings is 1. The first-order chi connectivity index (χ1) is 14.5. The molecule has 0 aliphatic rings. The van der Waals surface area contributed by atoms with Gasteiger partial charge in [-0.05, 0) is 37.1 Å². The minimum atomic E-state index is 0.100. The summed E-state index contributed by atoms with van der Waals surface area (Å²) < 4.78 is 5.98. The Labute approximate surface area is 188 Å². The number of H-pyrrole nitrogens is 1. The molecule has 0 bridgehead atoms. The molecule has 8 heteroatoms. The van der Waals surface area contributed by atoms with Crippen LogP contribution in [0.2, 0.25) is 10.0 Å². The van der Waals surface area contributed by atoms with E-state index in [0.717, 1.165) is 39.5 Å². The van der Waals surface area contributed by atoms with Crippen molar-refractivity contribution in [3.63, 3.8) is 0 Å². The molecule has 0 saturated carbocycles. The molecule has 0 saturated heterocycles. The maximum Gasteiger partial charge on any atom is 0.128 e. The molecule has 0 atom stereocenters. The molecule has 5 nitrogen and oxygen atoms in total. The van der Waals surface area contributed by atoms with Crippen molar-refractivity contribution in [2.75, 3.05) is 0 Å². The van der Waals surface area contributed by atoms with Crippen molar-refractivity contribution in [3.8, 4) is 33.3 Å². The maximum atomic E-state index is 10.8. The van der Waals surface area contributed by atoms with Crippen molar-refractivity contribution in [2.45, 2.75) is 26.9 Å². The smallest absolute Gasteiger partial charge is 0.128 e. The molecule has 0 aliphatic heterocycles. The first kappa shape index (κ1) is 20.7. The molecule has 4 aromatic rings. The summed E-state index contributed by atoms with van der Waals surface area (Å²) in [7, 11) is 0. The van der Waals surface area contributed by atoms with Crippen molar-refractivity contribution in [2.24, 2.45) is 0 Å². The second-order valence-electron chi connectivity index (χ2n) is 6.81. The van der Waals surface area contributed by atoms with E-state index in [-0.39, 0.29) is 12.4 Å². The van der Waals surface area contributed by atoms with Crippen LogP contribution in [-0.2, 0) is 13.0 Å². The van der Waals surface area contributed by atoms with E-state index < -0.39 is 0 Å². The lowest BCUT2D eigenvalue weighted by Crippen LogP contribution is -2.00. The summed E-state index contributed by atoms with van der Waals surface area (Å²) in [5.41, 5.74) is 4.97. The molecule has 154 valence electrons. The number of halogens is 2. The fourth-order valence-electron chi connectivity index (χ4n) is 3.15. The Kier molecular flexibility index (Phi) is 5.99. The van der Waals surface area contributed by atoms with Crippen LogP contribution < -0.4 is 4.74 Å². The number of nitrogens with one attached hydrogen (secondary N) is 1. The van der Waals surface area contributed by atoms with E-state index in [4.69, 9.17) is 27.9 Å². The molecule has 2 N–H and O–H groups in total. The second-order valence-corrected chi connectivity index (χ2v) is 8.51. The summed E-state index contributed by atoms with van der Waals surface area (Å²) in [6.45, 7) is 4.26. The van der Waals surface area contributed by atoms with E-state index in [0.29, 0.717) is 21.4 Å². The first-order valence-corrected chi connectivity index (χ1v) is 11.0. The third kappa shape index (κ3) is 4.17. The Balaban J connectivity index is 1.66. The molecule has 0 fully saturated rings. The lowest BCUT2D eigenvalue weighted by atomic mass is 10.0. The Hall–Kier alpha value is -2.54. The summed E-state index contributed by atoms with van der Waals surface area (Å²) in [5.74, 6) is 0.708. The van der Waals surface area contributed by atoms with Gasteiger partial charge < -0.3 is 9.84 Å². The van der Waals surface area contributed by atoms with Gasteiger partial charge in [0.25, 0.3) is 0 Å². The second kappa shape index (κ2) is 8.68. The van der Waals surface area contributed by atoms with Gasteiger partial charge in [-0.3, -0.25) is 5.10 Å². The number of hydrogen-bond donors (Lipinski definition) is 2. The average molecular weight is 460 g/mol. The summed E-state index contributed by atoms with van der Waals surface area (Å²) in [4.78, 5) is 4.54. The molecule has 2 aromatic heterocycles. The zero-order chi connectivity index (χ0) is 21.3. The molecule has 0 radical (unpaired) electrons. The minimum Gasteiger partial charge on any atom is -0.507 e. The predicted octanol–water partition coefficient (Wildman–Crippen LogP) is 6.66. The van der Waals surface area contributed by atoms with Crippen LogP contribution in [0.3, 0.4) is 0 Å². The Morgan fingerprint density at radius 3 is 2.67 bits per heavy atom. The summed E-state index contributed by atoms with van der Waals surface area (Å²) >= 11 is 13.7. The van der Waals surface area contributed by atoms with Crippen LogP contribution in [0.25, 0.3) is 21.8 Å². The van der Waals surface area contributed by atoms with E-state index in [2.05, 4.69) is 15.2 Å². The molecule has 2 heterocycles. The number of rotatable bonds is 6. The minimum absolute atomic E-state index is 0.100. The fraction of sp³-hybridized carbons (Fsp3) is 0.182. The van der Waals surface area contributed by atoms with Crippen LogP contribution >= 0.6 is 34.5 Å². The van der Waals surface area contributed by atoms with Crippen LogP contribution in [0.1, 0.15) is 23.7 Å². The number of aromatic amines is 1. The molecule has 2 aromatic carbocycles. The molecule has 0 unspecified atom stereocenters. The van der Waals surface area contributed by atoms with E-state index in [9.17, 15) is 5.11 Å². The van der Waals surface area contributed by atoms with Gasteiger partial charge in [0.1, 0.15) is 23.1 Å². The third-order valence-corrected chi connectivity index (χ3v) is 6.30. The lowest BCUT2D eigenvalue weighted by Gasteiger charge is -2.14. The van der Waals surface area contributed by atoms with Gasteiger partial charge in [0.15, 0.2) is 0 Å². The van der Waals surface area contributed by atoms with Crippen molar-refractivity contribution in [1.29, 1.82) is 0 Å². The SMILES string of the molecule is CCc1cc(-c2[nH]ncc2-c2nc(C)cs2)c(O)cc1OCc1ccc(Cl)cc1Cl. The Bertz CT molecular complexity index is 1200. The number of aryl methyl sites for hydroxylation is 2. The molecule has 0 aliphatic carbocycles. The monoisotopic (exact) mass is 459 g/mol. The van der Waals surface area contributed by atoms with Gasteiger partial charge in [0.05, 0.1) is 17.5 Å². The Morgan fingerprint density at radius 2 is 1.97 bits per heavy atom. The molecular weight excluding hydrogens is 441 g/mol. The highest BCUT2D eigenvalue weighted by Gasteiger charge is 2.18. The van der Waals surface area contributed by atoms with Crippen molar-refractivity contribution >= 4 is 34.5 Å². The zero-order valence-electron chi connectivity index (χ0n) is 16.4. The van der Waals surface area contributed by atoms with Crippen molar-refractivity contribution < 1.29 is 9.84 Å². The van der Waals surface area contributed by atoms with Gasteiger partial charge in [0.2, 0.25) is 0 Å². The average Bonchev–Trinajstić information content (AvgIpc) is 3.36. The normalized spacial score (nSPS) is 11.1. The highest BCUT2D eigenvalue weighted by molar-refractivity contribution is 7.13. The topological polar surface area (TPSA) is 71.0 Å². The zero-order valence-corrected chi connectivity index (χ0v) is 18.7. The number of hydrogen-bond acceptors (Lipinski definition) is 5. The van der Waals surface area contributed by atoms with Crippen LogP contribution in [0.15, 0.2) is 41.9 Å². The third-order valence-electron chi connectivity index (χ3n) is 4.72. The summed E-state index contributed by atoms with van der Waals surface area (Å²) in [6, 6.07) is 8.84. The molecular formula is C22H19Cl2N3O2S. The van der Waals surface area contributed by atoms with Gasteiger partial charge in [0, 0.05) is 38.3 Å². The lowest BCUT2D eigenvalue weighted by molar-refractivity contribution is 0.301. The van der Waals surface area contributed by atoms with Crippen LogP contribution in [0.5, 0.6) is 11.5 Å². The van der Waals surface area contributed by atoms with Gasteiger partial charge in [-0.15, -0.1) is 11.3 Å². The van der Waals surface area contributed by atoms with E-state index >= 15 is 0 Å². The number of phenolic OH excluding ortho intramolecular Hbond substituents is 1. The number of aromatic nitrogens is 3. The Morgan fingerprint density at radius 1 is 1.13 bits per heavy atom. The van der Waals surface area contributed by atoms with Gasteiger partial charge in [-0.1, -0.05) is 36.2 Å². The van der Waals surface area contributed by atoms with Gasteiger partial charge in [-0.25, -0.2) is 4.98 Å². The highest BCUT2D eigenvalue weighted by atomic mass is 35.5. The summed E-state index contributed by atoms with van der Waals surface area (Å²) in [5, 5.41) is 21.9. The van der Waals surface area contributed by atoms with Crippen molar-refractivity contribution in [3.05, 3.63) is 68.8 Å². The molecule has 4 rings (SSSR count). The number of ether oxygens (including phenoxy) is 1. The van der Waals surface area contributed by atoms with E-state index in [1.165, 1.54) is 0 Å². The number of nitrogens with zero attached hydrogens (tertiary/aromatic N) is 2. The largest absolute Gasteiger partial charge is 0.507 e. The van der Waals surface area contributed by atoms with Gasteiger partial charge >= 0.3 is 0 Å². The van der Waals surface area contributed by atoms with E-state index in [1.54, 1.807) is 35.7 Å². The summed E-state index contributed by atoms with van der Waals surface area (Å²) in [6.07, 6.45) is 2.46. The van der Waals surface area contributed by atoms with E-state index in [1.807, 2.05) is 31.4 Å². The van der Waals surface area contributed by atoms with Gasteiger partial charge in [-0.2, -0.15) is 5.10 Å². The van der Waals surface area contributed by atoms with Crippen LogP contribution in [0, 0.1) is 6.92 Å². The van der Waals surface area contributed by atoms with Crippen LogP contribution in [0.4, 0.5) is 0 Å².